The van der Waals surface area contributed by atoms with Crippen molar-refractivity contribution in [1.29, 1.82) is 0 Å². The van der Waals surface area contributed by atoms with Gasteiger partial charge in [-0.05, 0) is 61.5 Å². The molecule has 2 rings (SSSR count). The Bertz CT molecular complexity index is 385. The highest BCUT2D eigenvalue weighted by molar-refractivity contribution is 5.49. The highest BCUT2D eigenvalue weighted by Gasteiger charge is 2.21. The maximum Gasteiger partial charge on any atom is 0.120 e. The van der Waals surface area contributed by atoms with Crippen molar-refractivity contribution in [3.63, 3.8) is 0 Å². The molecule has 0 atom stereocenters. The second kappa shape index (κ2) is 8.24. The smallest absolute Gasteiger partial charge is 0.120 e. The van der Waals surface area contributed by atoms with Crippen molar-refractivity contribution in [2.45, 2.75) is 70.6 Å². The lowest BCUT2D eigenvalue weighted by Crippen LogP contribution is -2.13. The van der Waals surface area contributed by atoms with Crippen LogP contribution in [0.5, 0.6) is 0 Å². The van der Waals surface area contributed by atoms with Crippen LogP contribution in [0.3, 0.4) is 0 Å². The van der Waals surface area contributed by atoms with Crippen LogP contribution in [0.2, 0.25) is 0 Å². The number of carbonyl (C=O) groups excluding carboxylic acids is 1. The van der Waals surface area contributed by atoms with Crippen molar-refractivity contribution in [3.05, 3.63) is 35.4 Å². The highest BCUT2D eigenvalue weighted by atomic mass is 16.1. The van der Waals surface area contributed by atoms with Crippen molar-refractivity contribution >= 4 is 6.29 Å². The fourth-order valence-electron chi connectivity index (χ4n) is 3.40. The van der Waals surface area contributed by atoms with Gasteiger partial charge in [-0.15, -0.1) is 0 Å². The third-order valence-electron chi connectivity index (χ3n) is 4.80. The van der Waals surface area contributed by atoms with E-state index in [4.69, 9.17) is 0 Å². The number of aryl methyl sites for hydroxylation is 1. The van der Waals surface area contributed by atoms with Crippen molar-refractivity contribution in [2.75, 3.05) is 0 Å². The van der Waals surface area contributed by atoms with Crippen LogP contribution in [-0.4, -0.2) is 6.29 Å². The summed E-state index contributed by atoms with van der Waals surface area (Å²) in [4.78, 5) is 10.6. The van der Waals surface area contributed by atoms with E-state index in [0.717, 1.165) is 18.6 Å². The van der Waals surface area contributed by atoms with Crippen molar-refractivity contribution in [3.8, 4) is 0 Å². The number of rotatable bonds is 7. The molecular weight excluding hydrogens is 244 g/mol. The molecule has 0 radical (unpaired) electrons. The van der Waals surface area contributed by atoms with E-state index in [1.807, 2.05) is 0 Å². The van der Waals surface area contributed by atoms with Crippen molar-refractivity contribution < 1.29 is 4.79 Å². The Labute approximate surface area is 123 Å². The molecule has 0 unspecified atom stereocenters. The minimum atomic E-state index is 0.650. The van der Waals surface area contributed by atoms with E-state index >= 15 is 0 Å². The molecule has 1 heteroatoms. The second-order valence-electron chi connectivity index (χ2n) is 6.32. The molecule has 0 aliphatic heterocycles. The maximum atomic E-state index is 10.6. The number of aldehydes is 1. The first-order valence-electron chi connectivity index (χ1n) is 8.36. The molecule has 1 aliphatic rings. The van der Waals surface area contributed by atoms with Gasteiger partial charge in [0, 0.05) is 6.42 Å². The molecule has 1 nitrogen and oxygen atoms in total. The molecule has 1 aromatic carbocycles. The molecular formula is C19H28O. The van der Waals surface area contributed by atoms with Crippen LogP contribution in [0.25, 0.3) is 0 Å². The number of benzene rings is 1. The first-order chi connectivity index (χ1) is 9.83. The van der Waals surface area contributed by atoms with Gasteiger partial charge in [-0.1, -0.05) is 44.0 Å². The Kier molecular flexibility index (Phi) is 6.29. The predicted molar refractivity (Wildman–Crippen MR) is 85.1 cm³/mol. The molecule has 0 bridgehead atoms. The van der Waals surface area contributed by atoms with Gasteiger partial charge >= 0.3 is 0 Å². The zero-order valence-electron chi connectivity index (χ0n) is 12.8. The standard InChI is InChI=1S/C19H28O/c1-2-3-4-5-16-6-10-18(11-7-16)19-12-8-17(9-13-19)14-15-20/h6-7,10-11,15,17,19H,2-5,8-9,12-14H2,1H3. The topological polar surface area (TPSA) is 17.1 Å². The van der Waals surface area contributed by atoms with Gasteiger partial charge in [0.05, 0.1) is 0 Å². The second-order valence-corrected chi connectivity index (χ2v) is 6.32. The van der Waals surface area contributed by atoms with Crippen LogP contribution < -0.4 is 0 Å². The Balaban J connectivity index is 1.83. The first kappa shape index (κ1) is 15.3. The molecule has 1 aromatic rings. The van der Waals surface area contributed by atoms with Gasteiger partial charge in [0.1, 0.15) is 6.29 Å². The van der Waals surface area contributed by atoms with Gasteiger partial charge in [-0.3, -0.25) is 0 Å². The third kappa shape index (κ3) is 4.47. The van der Waals surface area contributed by atoms with Gasteiger partial charge < -0.3 is 4.79 Å². The summed E-state index contributed by atoms with van der Waals surface area (Å²) in [7, 11) is 0. The summed E-state index contributed by atoms with van der Waals surface area (Å²) in [6.07, 6.45) is 12.0. The summed E-state index contributed by atoms with van der Waals surface area (Å²) in [5.74, 6) is 1.37. The quantitative estimate of drug-likeness (QED) is 0.487. The summed E-state index contributed by atoms with van der Waals surface area (Å²) in [5.41, 5.74) is 2.99. The van der Waals surface area contributed by atoms with Gasteiger partial charge in [-0.25, -0.2) is 0 Å². The van der Waals surface area contributed by atoms with E-state index in [0.29, 0.717) is 5.92 Å². The normalized spacial score (nSPS) is 22.6. The Morgan fingerprint density at radius 1 is 1.05 bits per heavy atom. The third-order valence-corrected chi connectivity index (χ3v) is 4.80. The SMILES string of the molecule is CCCCCc1ccc(C2CCC(CC=O)CC2)cc1. The summed E-state index contributed by atoms with van der Waals surface area (Å²) >= 11 is 0. The number of carbonyl (C=O) groups is 1. The monoisotopic (exact) mass is 272 g/mol. The first-order valence-corrected chi connectivity index (χ1v) is 8.36. The maximum absolute atomic E-state index is 10.6. The Morgan fingerprint density at radius 2 is 1.75 bits per heavy atom. The molecule has 1 aliphatic carbocycles. The van der Waals surface area contributed by atoms with Crippen molar-refractivity contribution in [1.82, 2.24) is 0 Å². The van der Waals surface area contributed by atoms with Gasteiger partial charge in [0.2, 0.25) is 0 Å². The molecule has 0 N–H and O–H groups in total. The zero-order valence-corrected chi connectivity index (χ0v) is 12.8. The van der Waals surface area contributed by atoms with Crippen LogP contribution >= 0.6 is 0 Å². The summed E-state index contributed by atoms with van der Waals surface area (Å²) in [6, 6.07) is 9.32. The fourth-order valence-corrected chi connectivity index (χ4v) is 3.40. The van der Waals surface area contributed by atoms with E-state index in [2.05, 4.69) is 31.2 Å². The lowest BCUT2D eigenvalue weighted by Gasteiger charge is -2.27. The average Bonchev–Trinajstić information content (AvgIpc) is 2.49. The molecule has 0 amide bonds. The lowest BCUT2D eigenvalue weighted by molar-refractivity contribution is -0.108. The van der Waals surface area contributed by atoms with Gasteiger partial charge in [-0.2, -0.15) is 0 Å². The summed E-state index contributed by atoms with van der Waals surface area (Å²) < 4.78 is 0. The molecule has 1 fully saturated rings. The van der Waals surface area contributed by atoms with Crippen LogP contribution in [0.15, 0.2) is 24.3 Å². The lowest BCUT2D eigenvalue weighted by atomic mass is 9.77. The molecule has 0 heterocycles. The molecule has 0 saturated heterocycles. The molecule has 0 aromatic heterocycles. The zero-order chi connectivity index (χ0) is 14.2. The Morgan fingerprint density at radius 3 is 2.35 bits per heavy atom. The Hall–Kier alpha value is -1.11. The number of hydrogen-bond acceptors (Lipinski definition) is 1. The van der Waals surface area contributed by atoms with Crippen molar-refractivity contribution in [2.24, 2.45) is 5.92 Å². The highest BCUT2D eigenvalue weighted by Crippen LogP contribution is 2.36. The van der Waals surface area contributed by atoms with Crippen LogP contribution in [-0.2, 0) is 11.2 Å². The van der Waals surface area contributed by atoms with Crippen LogP contribution in [0, 0.1) is 5.92 Å². The molecule has 0 spiro atoms. The van der Waals surface area contributed by atoms with E-state index in [-0.39, 0.29) is 0 Å². The van der Waals surface area contributed by atoms with Gasteiger partial charge in [0.25, 0.3) is 0 Å². The summed E-state index contributed by atoms with van der Waals surface area (Å²) in [5, 5.41) is 0. The summed E-state index contributed by atoms with van der Waals surface area (Å²) in [6.45, 7) is 2.25. The number of unbranched alkanes of at least 4 members (excludes halogenated alkanes) is 2. The van der Waals surface area contributed by atoms with Crippen LogP contribution in [0.4, 0.5) is 0 Å². The molecule has 20 heavy (non-hydrogen) atoms. The minimum Gasteiger partial charge on any atom is -0.303 e. The molecule has 110 valence electrons. The average molecular weight is 272 g/mol. The van der Waals surface area contributed by atoms with E-state index in [9.17, 15) is 4.79 Å². The van der Waals surface area contributed by atoms with Gasteiger partial charge in [0.15, 0.2) is 0 Å². The minimum absolute atomic E-state index is 0.650. The predicted octanol–water partition coefficient (Wildman–Crippen LogP) is 5.28. The molecule has 1 saturated carbocycles. The van der Waals surface area contributed by atoms with E-state index in [1.54, 1.807) is 0 Å². The van der Waals surface area contributed by atoms with E-state index < -0.39 is 0 Å². The number of hydrogen-bond donors (Lipinski definition) is 0. The van der Waals surface area contributed by atoms with E-state index in [1.165, 1.54) is 62.5 Å². The van der Waals surface area contributed by atoms with Crippen LogP contribution in [0.1, 0.15) is 75.3 Å². The fraction of sp³-hybridized carbons (Fsp3) is 0.632. The largest absolute Gasteiger partial charge is 0.303 e.